The van der Waals surface area contributed by atoms with Crippen LogP contribution in [-0.2, 0) is 12.8 Å². The van der Waals surface area contributed by atoms with Crippen LogP contribution in [0.15, 0.2) is 10.8 Å². The first kappa shape index (κ1) is 32.7. The van der Waals surface area contributed by atoms with Gasteiger partial charge in [-0.15, -0.1) is 34.0 Å². The van der Waals surface area contributed by atoms with Crippen molar-refractivity contribution in [3.8, 4) is 43.2 Å². The highest BCUT2D eigenvalue weighted by Crippen LogP contribution is 2.56. The summed E-state index contributed by atoms with van der Waals surface area (Å²) in [6, 6.07) is 0. The van der Waals surface area contributed by atoms with Crippen LogP contribution in [0.3, 0.4) is 0 Å². The highest BCUT2D eigenvalue weighted by atomic mass is 32.1. The summed E-state index contributed by atoms with van der Waals surface area (Å²) in [6.07, 6.45) is 23.6. The second kappa shape index (κ2) is 17.7. The molecule has 0 bridgehead atoms. The van der Waals surface area contributed by atoms with Crippen LogP contribution in [0.4, 0.5) is 0 Å². The Morgan fingerprint density at radius 1 is 0.512 bits per heavy atom. The van der Waals surface area contributed by atoms with Crippen molar-refractivity contribution < 1.29 is 18.9 Å². The van der Waals surface area contributed by atoms with Crippen LogP contribution < -0.4 is 18.9 Å². The predicted octanol–water partition coefficient (Wildman–Crippen LogP) is 12.1. The molecule has 0 amide bonds. The van der Waals surface area contributed by atoms with Gasteiger partial charge in [0.2, 0.25) is 0 Å². The summed E-state index contributed by atoms with van der Waals surface area (Å²) in [5, 5.41) is 4.30. The van der Waals surface area contributed by atoms with E-state index >= 15 is 0 Å². The van der Waals surface area contributed by atoms with Crippen LogP contribution in [0.1, 0.15) is 127 Å². The summed E-state index contributed by atoms with van der Waals surface area (Å²) >= 11 is 5.59. The van der Waals surface area contributed by atoms with E-state index in [1.807, 2.05) is 11.3 Å². The average molecular weight is 645 g/mol. The normalized spacial score (nSPS) is 14.0. The molecule has 0 atom stereocenters. The summed E-state index contributed by atoms with van der Waals surface area (Å²) in [4.78, 5) is 5.42. The fourth-order valence-electron chi connectivity index (χ4n) is 6.29. The zero-order valence-electron chi connectivity index (χ0n) is 26.6. The Hall–Kier alpha value is -1.70. The van der Waals surface area contributed by atoms with E-state index < -0.39 is 0 Å². The predicted molar refractivity (Wildman–Crippen MR) is 186 cm³/mol. The van der Waals surface area contributed by atoms with Gasteiger partial charge in [-0.3, -0.25) is 0 Å². The molecule has 0 unspecified atom stereocenters. The molecular weight excluding hydrogens is 593 g/mol. The van der Waals surface area contributed by atoms with Crippen molar-refractivity contribution in [3.63, 3.8) is 0 Å². The van der Waals surface area contributed by atoms with Gasteiger partial charge in [-0.05, 0) is 31.2 Å². The van der Waals surface area contributed by atoms with Gasteiger partial charge in [0, 0.05) is 21.2 Å². The number of unbranched alkanes of at least 4 members (excludes halogenated alkanes) is 14. The summed E-state index contributed by atoms with van der Waals surface area (Å²) in [6.45, 7) is 7.10. The number of ether oxygens (including phenoxy) is 4. The largest absolute Gasteiger partial charge is 0.485 e. The highest BCUT2D eigenvalue weighted by Gasteiger charge is 2.30. The summed E-state index contributed by atoms with van der Waals surface area (Å²) < 4.78 is 24.5. The molecule has 0 fully saturated rings. The summed E-state index contributed by atoms with van der Waals surface area (Å²) in [5.74, 6) is 3.74. The van der Waals surface area contributed by atoms with Crippen molar-refractivity contribution in [1.82, 2.24) is 0 Å². The average Bonchev–Trinajstić information content (AvgIpc) is 3.75. The molecule has 4 nitrogen and oxygen atoms in total. The van der Waals surface area contributed by atoms with Crippen LogP contribution in [0.25, 0.3) is 20.2 Å². The maximum Gasteiger partial charge on any atom is 0.180 e. The van der Waals surface area contributed by atoms with E-state index in [0.717, 1.165) is 35.8 Å². The molecule has 5 heterocycles. The Morgan fingerprint density at radius 2 is 0.977 bits per heavy atom. The first-order chi connectivity index (χ1) is 21.3. The minimum absolute atomic E-state index is 0.622. The lowest BCUT2D eigenvalue weighted by Crippen LogP contribution is -2.14. The maximum absolute atomic E-state index is 6.28. The minimum atomic E-state index is 0.622. The Kier molecular flexibility index (Phi) is 13.5. The molecule has 0 aliphatic carbocycles. The SMILES string of the molecule is CCCCCCCCCCc1sc(-c2scc3c2OCCO3)c(CCCCCCCCCC)c1-c1scc2c1OCCO2. The molecule has 0 saturated heterocycles. The fourth-order valence-corrected chi connectivity index (χ4v) is 9.88. The Bertz CT molecular complexity index is 1240. The molecule has 0 saturated carbocycles. The van der Waals surface area contributed by atoms with E-state index in [9.17, 15) is 0 Å². The molecule has 3 aromatic rings. The van der Waals surface area contributed by atoms with Crippen molar-refractivity contribution in [1.29, 1.82) is 0 Å². The van der Waals surface area contributed by atoms with E-state index in [1.54, 1.807) is 22.7 Å². The van der Waals surface area contributed by atoms with Gasteiger partial charge in [0.15, 0.2) is 23.0 Å². The Labute approximate surface area is 272 Å². The maximum atomic E-state index is 6.28. The van der Waals surface area contributed by atoms with Gasteiger partial charge in [-0.2, -0.15) is 0 Å². The lowest BCUT2D eigenvalue weighted by molar-refractivity contribution is 0.174. The van der Waals surface area contributed by atoms with E-state index in [4.69, 9.17) is 18.9 Å². The number of thiophene rings is 3. The molecule has 238 valence electrons. The molecular formula is C36H52O4S3. The van der Waals surface area contributed by atoms with Crippen LogP contribution in [-0.4, -0.2) is 26.4 Å². The first-order valence-corrected chi connectivity index (χ1v) is 19.8. The zero-order chi connectivity index (χ0) is 29.7. The van der Waals surface area contributed by atoms with E-state index in [-0.39, 0.29) is 0 Å². The third-order valence-electron chi connectivity index (χ3n) is 8.65. The van der Waals surface area contributed by atoms with Crippen molar-refractivity contribution >= 4 is 34.0 Å². The van der Waals surface area contributed by atoms with E-state index in [1.165, 1.54) is 133 Å². The van der Waals surface area contributed by atoms with Crippen LogP contribution in [0.2, 0.25) is 0 Å². The molecule has 3 aromatic heterocycles. The van der Waals surface area contributed by atoms with Crippen molar-refractivity contribution in [2.45, 2.75) is 129 Å². The standard InChI is InChI=1S/C36H52O4S3/c1-3-5-7-9-11-13-15-17-19-27-31(35-32-28(25-41-35)37-21-23-39-32)30(20-18-16-14-12-10-8-6-4-2)43-34(27)36-33-29(26-42-36)38-22-24-40-33/h25-26H,3-24H2,1-2H3. The van der Waals surface area contributed by atoms with Gasteiger partial charge < -0.3 is 18.9 Å². The van der Waals surface area contributed by atoms with Crippen LogP contribution >= 0.6 is 34.0 Å². The second-order valence-corrected chi connectivity index (χ2v) is 14.9. The molecule has 43 heavy (non-hydrogen) atoms. The molecule has 5 rings (SSSR count). The van der Waals surface area contributed by atoms with Gasteiger partial charge in [0.25, 0.3) is 0 Å². The van der Waals surface area contributed by atoms with Gasteiger partial charge in [0.05, 0.1) is 14.6 Å². The smallest absolute Gasteiger partial charge is 0.180 e. The minimum Gasteiger partial charge on any atom is -0.485 e. The lowest BCUT2D eigenvalue weighted by Gasteiger charge is -2.18. The molecule has 0 radical (unpaired) electrons. The fraction of sp³-hybridized carbons (Fsp3) is 0.667. The van der Waals surface area contributed by atoms with Crippen molar-refractivity contribution in [2.75, 3.05) is 26.4 Å². The summed E-state index contributed by atoms with van der Waals surface area (Å²) in [5.41, 5.74) is 2.92. The Balaban J connectivity index is 1.40. The van der Waals surface area contributed by atoms with Crippen LogP contribution in [0, 0.1) is 0 Å². The monoisotopic (exact) mass is 644 g/mol. The van der Waals surface area contributed by atoms with E-state index in [2.05, 4.69) is 24.6 Å². The lowest BCUT2D eigenvalue weighted by atomic mass is 9.97. The molecule has 2 aliphatic heterocycles. The van der Waals surface area contributed by atoms with Gasteiger partial charge in [0.1, 0.15) is 26.4 Å². The quantitative estimate of drug-likeness (QED) is 0.115. The zero-order valence-corrected chi connectivity index (χ0v) is 29.0. The van der Waals surface area contributed by atoms with Gasteiger partial charge in [-0.1, -0.05) is 104 Å². The van der Waals surface area contributed by atoms with Crippen LogP contribution in [0.5, 0.6) is 23.0 Å². The topological polar surface area (TPSA) is 36.9 Å². The number of hydrogen-bond donors (Lipinski definition) is 0. The summed E-state index contributed by atoms with van der Waals surface area (Å²) in [7, 11) is 0. The van der Waals surface area contributed by atoms with Gasteiger partial charge >= 0.3 is 0 Å². The molecule has 7 heteroatoms. The number of rotatable bonds is 20. The second-order valence-electron chi connectivity index (χ2n) is 12.1. The molecule has 2 aliphatic rings. The third-order valence-corrected chi connectivity index (χ3v) is 12.0. The number of fused-ring (bicyclic) bond motifs is 2. The highest BCUT2D eigenvalue weighted by molar-refractivity contribution is 7.22. The van der Waals surface area contributed by atoms with E-state index in [0.29, 0.717) is 26.4 Å². The van der Waals surface area contributed by atoms with Crippen molar-refractivity contribution in [2.24, 2.45) is 0 Å². The molecule has 0 N–H and O–H groups in total. The third kappa shape index (κ3) is 8.73. The van der Waals surface area contributed by atoms with Crippen molar-refractivity contribution in [3.05, 3.63) is 21.2 Å². The van der Waals surface area contributed by atoms with Gasteiger partial charge in [-0.25, -0.2) is 0 Å². The molecule has 0 aromatic carbocycles. The Morgan fingerprint density at radius 3 is 1.56 bits per heavy atom. The number of hydrogen-bond acceptors (Lipinski definition) is 7. The molecule has 0 spiro atoms. The first-order valence-electron chi connectivity index (χ1n) is 17.2. The number of aryl methyl sites for hydroxylation is 1.